The SMILES string of the molecule is CCC(C)NC(=O)CCc1ncc(-c2ccc(C)cc2)o1. The first-order valence-electron chi connectivity index (χ1n) is 7.39. The number of carbonyl (C=O) groups excluding carboxylic acids is 1. The van der Waals surface area contributed by atoms with Crippen molar-refractivity contribution in [1.29, 1.82) is 0 Å². The van der Waals surface area contributed by atoms with Crippen molar-refractivity contribution in [3.63, 3.8) is 0 Å². The van der Waals surface area contributed by atoms with Crippen LogP contribution in [0.5, 0.6) is 0 Å². The molecule has 0 aliphatic rings. The summed E-state index contributed by atoms with van der Waals surface area (Å²) in [5, 5.41) is 2.94. The lowest BCUT2D eigenvalue weighted by molar-refractivity contribution is -0.121. The van der Waals surface area contributed by atoms with Gasteiger partial charge in [0.1, 0.15) is 0 Å². The van der Waals surface area contributed by atoms with Crippen LogP contribution in [0, 0.1) is 6.92 Å². The molecule has 0 bridgehead atoms. The normalized spacial score (nSPS) is 12.1. The van der Waals surface area contributed by atoms with Crippen molar-refractivity contribution in [3.05, 3.63) is 41.9 Å². The summed E-state index contributed by atoms with van der Waals surface area (Å²) in [5.74, 6) is 1.39. The van der Waals surface area contributed by atoms with Crippen LogP contribution in [-0.4, -0.2) is 16.9 Å². The zero-order valence-corrected chi connectivity index (χ0v) is 12.8. The molecular weight excluding hydrogens is 264 g/mol. The van der Waals surface area contributed by atoms with Crippen molar-refractivity contribution in [2.75, 3.05) is 0 Å². The summed E-state index contributed by atoms with van der Waals surface area (Å²) in [5.41, 5.74) is 2.21. The molecule has 0 saturated heterocycles. The van der Waals surface area contributed by atoms with Gasteiger partial charge in [0.05, 0.1) is 6.20 Å². The highest BCUT2D eigenvalue weighted by molar-refractivity contribution is 5.76. The fourth-order valence-electron chi connectivity index (χ4n) is 1.95. The Morgan fingerprint density at radius 2 is 2.05 bits per heavy atom. The van der Waals surface area contributed by atoms with Gasteiger partial charge in [0.25, 0.3) is 0 Å². The number of hydrogen-bond acceptors (Lipinski definition) is 3. The lowest BCUT2D eigenvalue weighted by atomic mass is 10.1. The average molecular weight is 286 g/mol. The number of aryl methyl sites for hydroxylation is 2. The summed E-state index contributed by atoms with van der Waals surface area (Å²) in [6, 6.07) is 8.31. The minimum Gasteiger partial charge on any atom is -0.441 e. The fraction of sp³-hybridized carbons (Fsp3) is 0.412. The Kier molecular flexibility index (Phi) is 5.14. The Bertz CT molecular complexity index is 587. The molecule has 1 aromatic carbocycles. The van der Waals surface area contributed by atoms with E-state index in [0.29, 0.717) is 18.7 Å². The average Bonchev–Trinajstić information content (AvgIpc) is 2.94. The van der Waals surface area contributed by atoms with E-state index in [-0.39, 0.29) is 11.9 Å². The number of benzene rings is 1. The molecule has 0 aliphatic carbocycles. The van der Waals surface area contributed by atoms with Crippen LogP contribution in [0.15, 0.2) is 34.9 Å². The van der Waals surface area contributed by atoms with E-state index in [1.54, 1.807) is 6.20 Å². The monoisotopic (exact) mass is 286 g/mol. The maximum atomic E-state index is 11.7. The van der Waals surface area contributed by atoms with Gasteiger partial charge in [0.15, 0.2) is 11.7 Å². The number of hydrogen-bond donors (Lipinski definition) is 1. The van der Waals surface area contributed by atoms with E-state index < -0.39 is 0 Å². The molecule has 1 aromatic heterocycles. The topological polar surface area (TPSA) is 55.1 Å². The number of nitrogens with one attached hydrogen (secondary N) is 1. The highest BCUT2D eigenvalue weighted by Crippen LogP contribution is 2.21. The van der Waals surface area contributed by atoms with Gasteiger partial charge in [-0.25, -0.2) is 4.98 Å². The zero-order valence-electron chi connectivity index (χ0n) is 12.8. The van der Waals surface area contributed by atoms with Crippen LogP contribution in [0.1, 0.15) is 38.1 Å². The third kappa shape index (κ3) is 4.45. The molecule has 0 spiro atoms. The molecule has 0 saturated carbocycles. The molecule has 0 fully saturated rings. The van der Waals surface area contributed by atoms with Crippen LogP contribution in [0.2, 0.25) is 0 Å². The minimum absolute atomic E-state index is 0.0411. The summed E-state index contributed by atoms with van der Waals surface area (Å²) in [4.78, 5) is 16.0. The Hall–Kier alpha value is -2.10. The Morgan fingerprint density at radius 3 is 2.71 bits per heavy atom. The van der Waals surface area contributed by atoms with Gasteiger partial charge in [-0.05, 0) is 20.3 Å². The molecule has 1 atom stereocenters. The van der Waals surface area contributed by atoms with E-state index in [1.165, 1.54) is 5.56 Å². The minimum atomic E-state index is 0.0411. The molecule has 2 aromatic rings. The van der Waals surface area contributed by atoms with Gasteiger partial charge in [-0.3, -0.25) is 4.79 Å². The molecule has 2 rings (SSSR count). The summed E-state index contributed by atoms with van der Waals surface area (Å²) >= 11 is 0. The van der Waals surface area contributed by atoms with Crippen LogP contribution < -0.4 is 5.32 Å². The van der Waals surface area contributed by atoms with Crippen LogP contribution in [0.4, 0.5) is 0 Å². The van der Waals surface area contributed by atoms with Crippen molar-refractivity contribution < 1.29 is 9.21 Å². The molecule has 4 heteroatoms. The summed E-state index contributed by atoms with van der Waals surface area (Å²) in [7, 11) is 0. The number of nitrogens with zero attached hydrogens (tertiary/aromatic N) is 1. The van der Waals surface area contributed by atoms with E-state index in [4.69, 9.17) is 4.42 Å². The zero-order chi connectivity index (χ0) is 15.2. The lowest BCUT2D eigenvalue weighted by Gasteiger charge is -2.10. The first-order valence-corrected chi connectivity index (χ1v) is 7.39. The number of carbonyl (C=O) groups is 1. The first-order chi connectivity index (χ1) is 10.1. The Balaban J connectivity index is 1.91. The summed E-state index contributed by atoms with van der Waals surface area (Å²) in [6.07, 6.45) is 3.57. The van der Waals surface area contributed by atoms with E-state index in [9.17, 15) is 4.79 Å². The molecule has 4 nitrogen and oxygen atoms in total. The third-order valence-electron chi connectivity index (χ3n) is 3.48. The smallest absolute Gasteiger partial charge is 0.220 e. The van der Waals surface area contributed by atoms with Gasteiger partial charge >= 0.3 is 0 Å². The molecule has 1 amide bonds. The first kappa shape index (κ1) is 15.3. The number of amides is 1. The van der Waals surface area contributed by atoms with E-state index in [1.807, 2.05) is 45.0 Å². The second-order valence-corrected chi connectivity index (χ2v) is 5.36. The molecule has 1 unspecified atom stereocenters. The second kappa shape index (κ2) is 7.07. The molecule has 21 heavy (non-hydrogen) atoms. The van der Waals surface area contributed by atoms with Gasteiger partial charge in [0, 0.05) is 24.4 Å². The largest absolute Gasteiger partial charge is 0.441 e. The van der Waals surface area contributed by atoms with Crippen molar-refractivity contribution in [2.45, 2.75) is 46.1 Å². The van der Waals surface area contributed by atoms with Gasteiger partial charge in [-0.1, -0.05) is 36.8 Å². The van der Waals surface area contributed by atoms with Crippen molar-refractivity contribution >= 4 is 5.91 Å². The third-order valence-corrected chi connectivity index (χ3v) is 3.48. The van der Waals surface area contributed by atoms with Crippen LogP contribution in [-0.2, 0) is 11.2 Å². The van der Waals surface area contributed by atoms with Crippen LogP contribution in [0.25, 0.3) is 11.3 Å². The summed E-state index contributed by atoms with van der Waals surface area (Å²) < 4.78 is 5.70. The number of aromatic nitrogens is 1. The van der Waals surface area contributed by atoms with Crippen LogP contribution in [0.3, 0.4) is 0 Å². The Labute approximate surface area is 125 Å². The van der Waals surface area contributed by atoms with Gasteiger partial charge < -0.3 is 9.73 Å². The molecule has 0 aliphatic heterocycles. The number of rotatable bonds is 6. The van der Waals surface area contributed by atoms with Crippen molar-refractivity contribution in [1.82, 2.24) is 10.3 Å². The number of oxazole rings is 1. The second-order valence-electron chi connectivity index (χ2n) is 5.36. The maximum absolute atomic E-state index is 11.7. The predicted molar refractivity (Wildman–Crippen MR) is 82.9 cm³/mol. The maximum Gasteiger partial charge on any atom is 0.220 e. The fourth-order valence-corrected chi connectivity index (χ4v) is 1.95. The van der Waals surface area contributed by atoms with Crippen molar-refractivity contribution in [3.8, 4) is 11.3 Å². The van der Waals surface area contributed by atoms with Gasteiger partial charge in [-0.15, -0.1) is 0 Å². The molecule has 1 N–H and O–H groups in total. The standard InChI is InChI=1S/C17H22N2O2/c1-4-13(3)19-16(20)9-10-17-18-11-15(21-17)14-7-5-12(2)6-8-14/h5-8,11,13H,4,9-10H2,1-3H3,(H,19,20). The molecule has 1 heterocycles. The molecular formula is C17H22N2O2. The highest BCUT2D eigenvalue weighted by Gasteiger charge is 2.10. The van der Waals surface area contributed by atoms with Gasteiger partial charge in [0.2, 0.25) is 5.91 Å². The quantitative estimate of drug-likeness (QED) is 0.884. The van der Waals surface area contributed by atoms with Crippen molar-refractivity contribution in [2.24, 2.45) is 0 Å². The van der Waals surface area contributed by atoms with E-state index >= 15 is 0 Å². The van der Waals surface area contributed by atoms with Crippen LogP contribution >= 0.6 is 0 Å². The highest BCUT2D eigenvalue weighted by atomic mass is 16.4. The summed E-state index contributed by atoms with van der Waals surface area (Å²) in [6.45, 7) is 6.09. The lowest BCUT2D eigenvalue weighted by Crippen LogP contribution is -2.32. The van der Waals surface area contributed by atoms with E-state index in [0.717, 1.165) is 17.7 Å². The Morgan fingerprint density at radius 1 is 1.33 bits per heavy atom. The van der Waals surface area contributed by atoms with E-state index in [2.05, 4.69) is 10.3 Å². The molecule has 112 valence electrons. The van der Waals surface area contributed by atoms with Gasteiger partial charge in [-0.2, -0.15) is 0 Å². The molecule has 0 radical (unpaired) electrons. The predicted octanol–water partition coefficient (Wildman–Crippen LogP) is 3.50.